The summed E-state index contributed by atoms with van der Waals surface area (Å²) in [6.45, 7) is 2.99. The molecule has 11 heavy (non-hydrogen) atoms. The van der Waals surface area contributed by atoms with Crippen LogP contribution in [0.5, 0.6) is 0 Å². The summed E-state index contributed by atoms with van der Waals surface area (Å²) in [5, 5.41) is 0. The molecule has 0 aromatic rings. The van der Waals surface area contributed by atoms with Crippen LogP contribution in [0.4, 0.5) is 0 Å². The number of ether oxygens (including phenoxy) is 1. The summed E-state index contributed by atoms with van der Waals surface area (Å²) in [7, 11) is 2.19. The third-order valence-corrected chi connectivity index (χ3v) is 3.46. The fraction of sp³-hybridized carbons (Fsp3) is 1.00. The molecule has 3 fully saturated rings. The van der Waals surface area contributed by atoms with Gasteiger partial charge in [-0.2, -0.15) is 4.65 Å². The molecule has 0 spiro atoms. The SMILES string of the molecule is C[N+]12CC[C@@H]3OC[C@H](CO1)[C@@H]32. The fourth-order valence-corrected chi connectivity index (χ4v) is 2.90. The van der Waals surface area contributed by atoms with E-state index >= 15 is 0 Å². The highest BCUT2D eigenvalue weighted by Gasteiger charge is 2.60. The maximum atomic E-state index is 5.76. The van der Waals surface area contributed by atoms with Crippen molar-refractivity contribution >= 4 is 0 Å². The first-order valence-corrected chi connectivity index (χ1v) is 4.41. The van der Waals surface area contributed by atoms with Crippen LogP contribution in [-0.4, -0.2) is 43.6 Å². The number of quaternary nitrogens is 1. The lowest BCUT2D eigenvalue weighted by Crippen LogP contribution is -2.45. The first-order chi connectivity index (χ1) is 5.30. The standard InChI is InChI=1S/C8H14NO2/c1-9-3-2-7-8(9)6(4-10-7)5-11-9/h6-8H,2-5H2,1H3/q+1/t6-,7+,8+,9?/m1/s1. The van der Waals surface area contributed by atoms with E-state index in [1.54, 1.807) is 0 Å². The molecule has 62 valence electrons. The molecule has 3 nitrogen and oxygen atoms in total. The molecule has 0 bridgehead atoms. The van der Waals surface area contributed by atoms with E-state index in [-0.39, 0.29) is 0 Å². The minimum atomic E-state index is 0.507. The zero-order chi connectivity index (χ0) is 7.47. The van der Waals surface area contributed by atoms with Crippen LogP contribution in [0.2, 0.25) is 0 Å². The Morgan fingerprint density at radius 2 is 2.27 bits per heavy atom. The van der Waals surface area contributed by atoms with E-state index in [4.69, 9.17) is 9.57 Å². The van der Waals surface area contributed by atoms with Crippen molar-refractivity contribution in [1.82, 2.24) is 0 Å². The zero-order valence-electron chi connectivity index (χ0n) is 6.82. The maximum Gasteiger partial charge on any atom is 0.153 e. The third kappa shape index (κ3) is 0.643. The first-order valence-electron chi connectivity index (χ1n) is 4.41. The molecule has 0 amide bonds. The Kier molecular flexibility index (Phi) is 1.04. The van der Waals surface area contributed by atoms with E-state index in [9.17, 15) is 0 Å². The van der Waals surface area contributed by atoms with E-state index in [0.29, 0.717) is 18.1 Å². The van der Waals surface area contributed by atoms with Gasteiger partial charge in [-0.05, 0) is 0 Å². The lowest BCUT2D eigenvalue weighted by Gasteiger charge is -2.25. The Labute approximate surface area is 66.4 Å². The van der Waals surface area contributed by atoms with Gasteiger partial charge >= 0.3 is 0 Å². The van der Waals surface area contributed by atoms with E-state index in [1.165, 1.54) is 6.42 Å². The van der Waals surface area contributed by atoms with Crippen LogP contribution in [0, 0.1) is 5.92 Å². The molecule has 0 aromatic heterocycles. The summed E-state index contributed by atoms with van der Waals surface area (Å²) in [6.07, 6.45) is 1.70. The Hall–Kier alpha value is -0.120. The van der Waals surface area contributed by atoms with Crippen molar-refractivity contribution in [3.05, 3.63) is 0 Å². The second-order valence-corrected chi connectivity index (χ2v) is 4.10. The quantitative estimate of drug-likeness (QED) is 0.465. The van der Waals surface area contributed by atoms with E-state index < -0.39 is 0 Å². The highest BCUT2D eigenvalue weighted by molar-refractivity contribution is 4.90. The third-order valence-electron chi connectivity index (χ3n) is 3.46. The predicted octanol–water partition coefficient (Wildman–Crippen LogP) is 0.165. The molecule has 1 unspecified atom stereocenters. The molecule has 3 saturated heterocycles. The van der Waals surface area contributed by atoms with Gasteiger partial charge in [0.15, 0.2) is 6.04 Å². The average Bonchev–Trinajstić information content (AvgIpc) is 2.54. The molecular weight excluding hydrogens is 142 g/mol. The number of hydroxylamine groups is 3. The second-order valence-electron chi connectivity index (χ2n) is 4.10. The zero-order valence-corrected chi connectivity index (χ0v) is 6.82. The van der Waals surface area contributed by atoms with E-state index in [1.807, 2.05) is 0 Å². The molecule has 4 atom stereocenters. The minimum Gasteiger partial charge on any atom is -0.371 e. The van der Waals surface area contributed by atoms with Crippen LogP contribution in [0.25, 0.3) is 0 Å². The lowest BCUT2D eigenvalue weighted by atomic mass is 10.0. The highest BCUT2D eigenvalue weighted by Crippen LogP contribution is 2.42. The van der Waals surface area contributed by atoms with E-state index in [0.717, 1.165) is 24.4 Å². The number of hydrogen-bond donors (Lipinski definition) is 0. The van der Waals surface area contributed by atoms with Gasteiger partial charge in [-0.15, -0.1) is 0 Å². The Balaban J connectivity index is 2.00. The summed E-state index contributed by atoms with van der Waals surface area (Å²) in [6, 6.07) is 0.662. The van der Waals surface area contributed by atoms with Crippen LogP contribution in [0.1, 0.15) is 6.42 Å². The summed E-state index contributed by atoms with van der Waals surface area (Å²) in [4.78, 5) is 5.76. The molecule has 0 aliphatic carbocycles. The molecule has 0 N–H and O–H groups in total. The van der Waals surface area contributed by atoms with Crippen molar-refractivity contribution in [3.63, 3.8) is 0 Å². The van der Waals surface area contributed by atoms with Gasteiger partial charge in [0.2, 0.25) is 0 Å². The van der Waals surface area contributed by atoms with Gasteiger partial charge in [-0.3, -0.25) is 0 Å². The molecule has 3 heterocycles. The molecule has 0 aromatic carbocycles. The molecule has 3 rings (SSSR count). The van der Waals surface area contributed by atoms with Gasteiger partial charge in [0.25, 0.3) is 0 Å². The monoisotopic (exact) mass is 156 g/mol. The molecule has 0 radical (unpaired) electrons. The summed E-state index contributed by atoms with van der Waals surface area (Å²) in [5.41, 5.74) is 0. The van der Waals surface area contributed by atoms with Gasteiger partial charge in [0.05, 0.1) is 19.6 Å². The summed E-state index contributed by atoms with van der Waals surface area (Å²) >= 11 is 0. The molecule has 3 heteroatoms. The molecular formula is C8H14NO2+. The molecule has 3 aliphatic rings. The second kappa shape index (κ2) is 1.79. The Morgan fingerprint density at radius 3 is 3.18 bits per heavy atom. The summed E-state index contributed by atoms with van der Waals surface area (Å²) in [5.74, 6) is 0.687. The van der Waals surface area contributed by atoms with Crippen molar-refractivity contribution in [2.24, 2.45) is 5.92 Å². The Bertz CT molecular complexity index is 179. The normalized spacial score (nSPS) is 60.3. The topological polar surface area (TPSA) is 18.5 Å². The molecule has 0 saturated carbocycles. The lowest BCUT2D eigenvalue weighted by molar-refractivity contribution is -1.08. The Morgan fingerprint density at radius 1 is 1.36 bits per heavy atom. The van der Waals surface area contributed by atoms with Crippen LogP contribution in [0.3, 0.4) is 0 Å². The van der Waals surface area contributed by atoms with Gasteiger partial charge in [-0.25, -0.2) is 4.84 Å². The van der Waals surface area contributed by atoms with Crippen LogP contribution in [0.15, 0.2) is 0 Å². The molecule has 3 aliphatic heterocycles. The first kappa shape index (κ1) is 6.40. The van der Waals surface area contributed by atoms with Crippen LogP contribution >= 0.6 is 0 Å². The highest BCUT2D eigenvalue weighted by atomic mass is 16.7. The van der Waals surface area contributed by atoms with Crippen molar-refractivity contribution in [2.75, 3.05) is 26.8 Å². The van der Waals surface area contributed by atoms with Crippen molar-refractivity contribution in [3.8, 4) is 0 Å². The van der Waals surface area contributed by atoms with Gasteiger partial charge in [-0.1, -0.05) is 0 Å². The van der Waals surface area contributed by atoms with E-state index in [2.05, 4.69) is 7.05 Å². The number of likely N-dealkylation sites (N-methyl/N-ethyl adjacent to an activating group) is 1. The predicted molar refractivity (Wildman–Crippen MR) is 38.6 cm³/mol. The van der Waals surface area contributed by atoms with Crippen LogP contribution in [-0.2, 0) is 9.57 Å². The number of rotatable bonds is 0. The number of hydrogen-bond acceptors (Lipinski definition) is 2. The largest absolute Gasteiger partial charge is 0.371 e. The van der Waals surface area contributed by atoms with Gasteiger partial charge < -0.3 is 4.74 Å². The van der Waals surface area contributed by atoms with Crippen molar-refractivity contribution in [1.29, 1.82) is 0 Å². The maximum absolute atomic E-state index is 5.76. The average molecular weight is 156 g/mol. The van der Waals surface area contributed by atoms with Gasteiger partial charge in [0.1, 0.15) is 19.3 Å². The van der Waals surface area contributed by atoms with Crippen molar-refractivity contribution < 1.29 is 14.2 Å². The fourth-order valence-electron chi connectivity index (χ4n) is 2.90. The minimum absolute atomic E-state index is 0.507. The van der Waals surface area contributed by atoms with Gasteiger partial charge in [0, 0.05) is 6.42 Å². The van der Waals surface area contributed by atoms with Crippen LogP contribution < -0.4 is 0 Å². The summed E-state index contributed by atoms with van der Waals surface area (Å²) < 4.78 is 6.51. The number of nitrogens with zero attached hydrogens (tertiary/aromatic N) is 1. The smallest absolute Gasteiger partial charge is 0.153 e. The van der Waals surface area contributed by atoms with Crippen molar-refractivity contribution in [2.45, 2.75) is 18.6 Å².